The van der Waals surface area contributed by atoms with E-state index < -0.39 is 10.0 Å². The van der Waals surface area contributed by atoms with E-state index >= 15 is 0 Å². The van der Waals surface area contributed by atoms with Gasteiger partial charge >= 0.3 is 0 Å². The van der Waals surface area contributed by atoms with Crippen molar-refractivity contribution >= 4 is 26.0 Å². The molecule has 0 aliphatic heterocycles. The van der Waals surface area contributed by atoms with Crippen LogP contribution in [0.25, 0.3) is 0 Å². The lowest BCUT2D eigenvalue weighted by Gasteiger charge is -2.09. The van der Waals surface area contributed by atoms with Gasteiger partial charge in [0, 0.05) is 11.0 Å². The number of sulfonamides is 1. The third kappa shape index (κ3) is 2.55. The minimum absolute atomic E-state index is 0.186. The Kier molecular flexibility index (Phi) is 3.85. The Balaban J connectivity index is 2.11. The summed E-state index contributed by atoms with van der Waals surface area (Å²) in [5.74, 6) is 0.376. The van der Waals surface area contributed by atoms with Crippen molar-refractivity contribution in [2.75, 3.05) is 6.54 Å². The molecule has 2 rings (SSSR count). The van der Waals surface area contributed by atoms with Gasteiger partial charge in [-0.2, -0.15) is 0 Å². The molecule has 112 valence electrons. The Bertz CT molecular complexity index is 621. The summed E-state index contributed by atoms with van der Waals surface area (Å²) < 4.78 is 28.3. The Morgan fingerprint density at radius 3 is 2.20 bits per heavy atom. The van der Waals surface area contributed by atoms with E-state index in [1.807, 2.05) is 6.92 Å². The van der Waals surface area contributed by atoms with Crippen molar-refractivity contribution in [2.45, 2.75) is 39.5 Å². The number of hydrogen-bond donors (Lipinski definition) is 1. The van der Waals surface area contributed by atoms with Gasteiger partial charge in [-0.3, -0.25) is 0 Å². The number of halogens is 1. The predicted octanol–water partition coefficient (Wildman–Crippen LogP) is 3.72. The minimum atomic E-state index is -3.43. The van der Waals surface area contributed by atoms with Gasteiger partial charge in [0.15, 0.2) is 0 Å². The zero-order chi connectivity index (χ0) is 15.3. The fraction of sp³-hybridized carbons (Fsp3) is 0.600. The standard InChI is InChI=1S/C15H22BrNO2S/c1-10-8-11(6-7-12(10)16)20(18,19)17-9-13-14(2,3)15(13,4)5/h6-8,13,17H,9H2,1-5H3. The molecule has 1 fully saturated rings. The highest BCUT2D eigenvalue weighted by Gasteiger charge is 2.64. The molecule has 0 spiro atoms. The Morgan fingerprint density at radius 2 is 1.75 bits per heavy atom. The van der Waals surface area contributed by atoms with Crippen LogP contribution in [-0.4, -0.2) is 15.0 Å². The van der Waals surface area contributed by atoms with Crippen LogP contribution in [0.1, 0.15) is 33.3 Å². The Labute approximate surface area is 130 Å². The molecule has 1 aromatic rings. The third-order valence-electron chi connectivity index (χ3n) is 5.24. The maximum absolute atomic E-state index is 12.3. The fourth-order valence-electron chi connectivity index (χ4n) is 2.90. The number of aryl methyl sites for hydroxylation is 1. The van der Waals surface area contributed by atoms with E-state index in [1.165, 1.54) is 0 Å². The molecule has 1 aromatic carbocycles. The lowest BCUT2D eigenvalue weighted by atomic mass is 10.0. The van der Waals surface area contributed by atoms with Gasteiger partial charge in [-0.25, -0.2) is 13.1 Å². The van der Waals surface area contributed by atoms with E-state index in [-0.39, 0.29) is 10.8 Å². The largest absolute Gasteiger partial charge is 0.240 e. The van der Waals surface area contributed by atoms with Crippen molar-refractivity contribution < 1.29 is 8.42 Å². The van der Waals surface area contributed by atoms with Crippen LogP contribution in [0.5, 0.6) is 0 Å². The molecule has 0 amide bonds. The number of rotatable bonds is 4. The average Bonchev–Trinajstić information content (AvgIpc) is 2.70. The van der Waals surface area contributed by atoms with Crippen molar-refractivity contribution in [3.63, 3.8) is 0 Å². The van der Waals surface area contributed by atoms with Crippen LogP contribution in [-0.2, 0) is 10.0 Å². The third-order valence-corrected chi connectivity index (χ3v) is 7.55. The summed E-state index contributed by atoms with van der Waals surface area (Å²) in [5, 5.41) is 0. The number of hydrogen-bond acceptors (Lipinski definition) is 2. The van der Waals surface area contributed by atoms with Crippen LogP contribution < -0.4 is 4.72 Å². The Morgan fingerprint density at radius 1 is 1.20 bits per heavy atom. The molecule has 1 N–H and O–H groups in total. The molecule has 0 radical (unpaired) electrons. The first-order valence-electron chi connectivity index (χ1n) is 6.76. The average molecular weight is 360 g/mol. The molecule has 0 atom stereocenters. The summed E-state index contributed by atoms with van der Waals surface area (Å²) in [6.07, 6.45) is 0. The van der Waals surface area contributed by atoms with E-state index in [2.05, 4.69) is 48.3 Å². The van der Waals surface area contributed by atoms with Crippen LogP contribution >= 0.6 is 15.9 Å². The van der Waals surface area contributed by atoms with Crippen molar-refractivity contribution in [2.24, 2.45) is 16.7 Å². The van der Waals surface area contributed by atoms with E-state index in [1.54, 1.807) is 18.2 Å². The molecule has 0 unspecified atom stereocenters. The smallest absolute Gasteiger partial charge is 0.211 e. The highest BCUT2D eigenvalue weighted by molar-refractivity contribution is 9.10. The minimum Gasteiger partial charge on any atom is -0.211 e. The van der Waals surface area contributed by atoms with Gasteiger partial charge in [-0.1, -0.05) is 43.6 Å². The summed E-state index contributed by atoms with van der Waals surface area (Å²) in [5.41, 5.74) is 1.29. The van der Waals surface area contributed by atoms with Crippen molar-refractivity contribution in [3.8, 4) is 0 Å². The van der Waals surface area contributed by atoms with Gasteiger partial charge in [-0.05, 0) is 47.4 Å². The molecule has 1 aliphatic rings. The van der Waals surface area contributed by atoms with Gasteiger partial charge in [0.05, 0.1) is 4.90 Å². The molecule has 20 heavy (non-hydrogen) atoms. The first-order chi connectivity index (χ1) is 9.00. The summed E-state index contributed by atoms with van der Waals surface area (Å²) in [6.45, 7) is 11.1. The number of nitrogens with one attached hydrogen (secondary N) is 1. The summed E-state index contributed by atoms with van der Waals surface area (Å²) >= 11 is 3.38. The lowest BCUT2D eigenvalue weighted by Crippen LogP contribution is -2.27. The molecule has 5 heteroatoms. The summed E-state index contributed by atoms with van der Waals surface area (Å²) in [4.78, 5) is 0.328. The summed E-state index contributed by atoms with van der Waals surface area (Å²) in [7, 11) is -3.43. The van der Waals surface area contributed by atoms with Crippen molar-refractivity contribution in [3.05, 3.63) is 28.2 Å². The van der Waals surface area contributed by atoms with Crippen molar-refractivity contribution in [1.82, 2.24) is 4.72 Å². The highest BCUT2D eigenvalue weighted by atomic mass is 79.9. The topological polar surface area (TPSA) is 46.2 Å². The van der Waals surface area contributed by atoms with Gasteiger partial charge in [0.1, 0.15) is 0 Å². The first kappa shape index (κ1) is 16.0. The second kappa shape index (κ2) is 4.82. The molecule has 0 saturated heterocycles. The van der Waals surface area contributed by atoms with E-state index in [0.717, 1.165) is 10.0 Å². The summed E-state index contributed by atoms with van der Waals surface area (Å²) in [6, 6.07) is 5.09. The normalized spacial score (nSPS) is 20.9. The van der Waals surface area contributed by atoms with E-state index in [9.17, 15) is 8.42 Å². The molecule has 0 bridgehead atoms. The molecule has 1 aliphatic carbocycles. The fourth-order valence-corrected chi connectivity index (χ4v) is 4.28. The van der Waals surface area contributed by atoms with Crippen molar-refractivity contribution in [1.29, 1.82) is 0 Å². The second-order valence-electron chi connectivity index (χ2n) is 6.76. The molecular formula is C15H22BrNO2S. The maximum atomic E-state index is 12.3. The van der Waals surface area contributed by atoms with Crippen LogP contribution in [0.2, 0.25) is 0 Å². The maximum Gasteiger partial charge on any atom is 0.240 e. The monoisotopic (exact) mass is 359 g/mol. The van der Waals surface area contributed by atoms with Crippen LogP contribution in [0.4, 0.5) is 0 Å². The quantitative estimate of drug-likeness (QED) is 0.890. The first-order valence-corrected chi connectivity index (χ1v) is 9.03. The van der Waals surface area contributed by atoms with Crippen LogP contribution in [0.3, 0.4) is 0 Å². The SMILES string of the molecule is Cc1cc(S(=O)(=O)NCC2C(C)(C)C2(C)C)ccc1Br. The predicted molar refractivity (Wildman–Crippen MR) is 85.1 cm³/mol. The number of benzene rings is 1. The van der Waals surface area contributed by atoms with Gasteiger partial charge in [0.2, 0.25) is 10.0 Å². The molecule has 1 saturated carbocycles. The highest BCUT2D eigenvalue weighted by Crippen LogP contribution is 2.67. The van der Waals surface area contributed by atoms with Crippen LogP contribution in [0.15, 0.2) is 27.6 Å². The van der Waals surface area contributed by atoms with Crippen LogP contribution in [0, 0.1) is 23.7 Å². The Hall–Kier alpha value is -0.390. The molecular weight excluding hydrogens is 338 g/mol. The van der Waals surface area contributed by atoms with Gasteiger partial charge in [0.25, 0.3) is 0 Å². The van der Waals surface area contributed by atoms with E-state index in [0.29, 0.717) is 17.4 Å². The van der Waals surface area contributed by atoms with E-state index in [4.69, 9.17) is 0 Å². The lowest BCUT2D eigenvalue weighted by molar-refractivity contribution is 0.457. The zero-order valence-corrected chi connectivity index (χ0v) is 15.0. The second-order valence-corrected chi connectivity index (χ2v) is 9.38. The zero-order valence-electron chi connectivity index (χ0n) is 12.6. The molecule has 0 heterocycles. The van der Waals surface area contributed by atoms with Gasteiger partial charge in [-0.15, -0.1) is 0 Å². The molecule has 3 nitrogen and oxygen atoms in total. The van der Waals surface area contributed by atoms with Gasteiger partial charge < -0.3 is 0 Å². The molecule has 0 aromatic heterocycles.